The average Bonchev–Trinajstić information content (AvgIpc) is 3.25. The number of phenols is 1. The minimum atomic E-state index is -4.83. The Balaban J connectivity index is 1.33. The van der Waals surface area contributed by atoms with E-state index in [1.807, 2.05) is 18.0 Å². The molecule has 2 heterocycles. The van der Waals surface area contributed by atoms with E-state index in [1.165, 1.54) is 35.3 Å². The second kappa shape index (κ2) is 8.88. The van der Waals surface area contributed by atoms with E-state index in [0.29, 0.717) is 30.6 Å². The summed E-state index contributed by atoms with van der Waals surface area (Å²) in [5, 5.41) is 33.1. The lowest BCUT2D eigenvalue weighted by Crippen LogP contribution is -2.79. The lowest BCUT2D eigenvalue weighted by Gasteiger charge is -2.65. The van der Waals surface area contributed by atoms with Crippen LogP contribution in [0.2, 0.25) is 0 Å². The normalized spacial score (nSPS) is 32.2. The topological polar surface area (TPSA) is 106 Å². The molecule has 1 saturated heterocycles. The van der Waals surface area contributed by atoms with Crippen molar-refractivity contribution in [1.29, 1.82) is 5.26 Å². The minimum absolute atomic E-state index is 0.0515. The maximum Gasteiger partial charge on any atom is 0.573 e. The monoisotopic (exact) mass is 555 g/mol. The Bertz CT molecular complexity index is 1460. The minimum Gasteiger partial charge on any atom is -0.504 e. The highest BCUT2D eigenvalue weighted by atomic mass is 19.4. The van der Waals surface area contributed by atoms with Gasteiger partial charge in [-0.2, -0.15) is 5.26 Å². The average molecular weight is 556 g/mol. The third-order valence-electron chi connectivity index (χ3n) is 9.31. The molecule has 11 heteroatoms. The lowest BCUT2D eigenvalue weighted by molar-refractivity contribution is -0.274. The Hall–Kier alpha value is -3.75. The van der Waals surface area contributed by atoms with Crippen LogP contribution in [-0.4, -0.2) is 76.2 Å². The number of halogens is 3. The van der Waals surface area contributed by atoms with Crippen LogP contribution in [0, 0.1) is 11.3 Å². The molecular weight excluding hydrogens is 527 g/mol. The SMILES string of the molecule is CN(C(=O)C=Cc1cccc(OC(F)(F)F)c1)[C@H]1CC[C@@]2(O)[C@H]3Cc4ccc(O)c5c4[C@@]2(CC(C#N)N3C)[C@H]1O5. The van der Waals surface area contributed by atoms with Gasteiger partial charge in [-0.05, 0) is 68.1 Å². The number of aromatic hydroxyl groups is 1. The van der Waals surface area contributed by atoms with Crippen LogP contribution in [0.5, 0.6) is 17.2 Å². The molecule has 2 aliphatic carbocycles. The van der Waals surface area contributed by atoms with Crippen LogP contribution in [0.15, 0.2) is 42.5 Å². The molecule has 1 unspecified atom stereocenters. The molecule has 6 atom stereocenters. The van der Waals surface area contributed by atoms with Crippen LogP contribution in [0.1, 0.15) is 36.0 Å². The number of alkyl halides is 3. The van der Waals surface area contributed by atoms with Crippen molar-refractivity contribution >= 4 is 12.0 Å². The summed E-state index contributed by atoms with van der Waals surface area (Å²) in [5.41, 5.74) is -0.213. The molecule has 2 N–H and O–H groups in total. The summed E-state index contributed by atoms with van der Waals surface area (Å²) >= 11 is 0. The second-order valence-corrected chi connectivity index (χ2v) is 11.1. The van der Waals surface area contributed by atoms with E-state index in [-0.39, 0.29) is 18.2 Å². The van der Waals surface area contributed by atoms with Crippen molar-refractivity contribution in [3.63, 3.8) is 0 Å². The molecule has 210 valence electrons. The molecule has 1 spiro atoms. The predicted molar refractivity (Wildman–Crippen MR) is 136 cm³/mol. The molecule has 0 aromatic heterocycles. The summed E-state index contributed by atoms with van der Waals surface area (Å²) in [7, 11) is 3.47. The van der Waals surface area contributed by atoms with E-state index < -0.39 is 47.2 Å². The van der Waals surface area contributed by atoms with Crippen molar-refractivity contribution in [2.24, 2.45) is 0 Å². The van der Waals surface area contributed by atoms with Crippen molar-refractivity contribution in [2.45, 2.75) is 67.3 Å². The van der Waals surface area contributed by atoms with Gasteiger partial charge in [0, 0.05) is 24.7 Å². The molecule has 4 aliphatic rings. The van der Waals surface area contributed by atoms with Crippen LogP contribution in [-0.2, 0) is 16.6 Å². The Labute approximate surface area is 228 Å². The third kappa shape index (κ3) is 3.69. The first kappa shape index (κ1) is 26.5. The van der Waals surface area contributed by atoms with Gasteiger partial charge in [-0.3, -0.25) is 9.69 Å². The Morgan fingerprint density at radius 3 is 2.83 bits per heavy atom. The number of hydrogen-bond acceptors (Lipinski definition) is 7. The molecule has 0 radical (unpaired) electrons. The number of nitrogens with zero attached hydrogens (tertiary/aromatic N) is 3. The molecule has 8 nitrogen and oxygen atoms in total. The molecule has 2 aromatic rings. The van der Waals surface area contributed by atoms with Crippen molar-refractivity contribution in [2.75, 3.05) is 14.1 Å². The summed E-state index contributed by atoms with van der Waals surface area (Å²) in [5.74, 6) is -0.556. The molecule has 1 amide bonds. The van der Waals surface area contributed by atoms with E-state index >= 15 is 0 Å². The van der Waals surface area contributed by atoms with Gasteiger partial charge in [0.2, 0.25) is 5.91 Å². The number of likely N-dealkylation sites (N-methyl/N-ethyl adjacent to an activating group) is 2. The van der Waals surface area contributed by atoms with E-state index in [1.54, 1.807) is 19.2 Å². The number of rotatable bonds is 4. The summed E-state index contributed by atoms with van der Waals surface area (Å²) in [6, 6.07) is 9.75. The van der Waals surface area contributed by atoms with Crippen LogP contribution in [0.25, 0.3) is 6.08 Å². The Morgan fingerprint density at radius 1 is 1.32 bits per heavy atom. The number of amides is 1. The number of benzene rings is 2. The maximum absolute atomic E-state index is 13.3. The number of piperidine rings is 1. The van der Waals surface area contributed by atoms with Crippen molar-refractivity contribution < 1.29 is 37.7 Å². The van der Waals surface area contributed by atoms with Crippen molar-refractivity contribution in [1.82, 2.24) is 9.80 Å². The smallest absolute Gasteiger partial charge is 0.504 e. The summed E-state index contributed by atoms with van der Waals surface area (Å²) in [6.45, 7) is 0. The molecule has 1 saturated carbocycles. The van der Waals surface area contributed by atoms with Crippen LogP contribution < -0.4 is 9.47 Å². The Kier molecular flexibility index (Phi) is 5.87. The first-order chi connectivity index (χ1) is 18.9. The fourth-order valence-corrected chi connectivity index (χ4v) is 7.55. The first-order valence-corrected chi connectivity index (χ1v) is 13.1. The summed E-state index contributed by atoms with van der Waals surface area (Å²) < 4.78 is 48.2. The van der Waals surface area contributed by atoms with Crippen molar-refractivity contribution in [3.8, 4) is 23.3 Å². The Morgan fingerprint density at radius 2 is 2.10 bits per heavy atom. The largest absolute Gasteiger partial charge is 0.573 e. The number of hydrogen-bond donors (Lipinski definition) is 2. The number of carbonyl (C=O) groups excluding carboxylic acids is 1. The van der Waals surface area contributed by atoms with E-state index in [2.05, 4.69) is 10.8 Å². The molecule has 2 aliphatic heterocycles. The molecule has 40 heavy (non-hydrogen) atoms. The van der Waals surface area contributed by atoms with E-state index in [4.69, 9.17) is 4.74 Å². The number of carbonyl (C=O) groups is 1. The summed E-state index contributed by atoms with van der Waals surface area (Å²) in [4.78, 5) is 16.8. The van der Waals surface area contributed by atoms with Crippen LogP contribution in [0.3, 0.4) is 0 Å². The third-order valence-corrected chi connectivity index (χ3v) is 9.31. The molecule has 2 aromatic carbocycles. The number of aliphatic hydroxyl groups is 1. The van der Waals surface area contributed by atoms with Gasteiger partial charge in [-0.1, -0.05) is 18.2 Å². The highest BCUT2D eigenvalue weighted by Gasteiger charge is 2.74. The van der Waals surface area contributed by atoms with Gasteiger partial charge in [0.05, 0.1) is 29.2 Å². The molecular formula is C29H28F3N3O5. The lowest BCUT2D eigenvalue weighted by atomic mass is 9.47. The van der Waals surface area contributed by atoms with Gasteiger partial charge in [0.1, 0.15) is 11.9 Å². The van der Waals surface area contributed by atoms with Crippen LogP contribution >= 0.6 is 0 Å². The zero-order valence-electron chi connectivity index (χ0n) is 21.9. The fraction of sp³-hybridized carbons (Fsp3) is 0.448. The van der Waals surface area contributed by atoms with Gasteiger partial charge < -0.3 is 24.6 Å². The molecule has 2 bridgehead atoms. The predicted octanol–water partition coefficient (Wildman–Crippen LogP) is 3.51. The fourth-order valence-electron chi connectivity index (χ4n) is 7.55. The molecule has 6 rings (SSSR count). The van der Waals surface area contributed by atoms with Crippen molar-refractivity contribution in [3.05, 3.63) is 59.2 Å². The van der Waals surface area contributed by atoms with E-state index in [9.17, 15) is 33.4 Å². The zero-order chi connectivity index (χ0) is 28.6. The van der Waals surface area contributed by atoms with Gasteiger partial charge in [-0.25, -0.2) is 0 Å². The summed E-state index contributed by atoms with van der Waals surface area (Å²) in [6.07, 6.45) is -1.31. The number of ether oxygens (including phenoxy) is 2. The van der Waals surface area contributed by atoms with Gasteiger partial charge in [0.25, 0.3) is 0 Å². The standard InChI is InChI=1S/C29H28F3N3O5/c1-34-18(15-33)14-27-24-17-7-8-21(36)25(24)39-26(27)20(10-11-28(27,38)22(34)13-17)35(2)23(37)9-6-16-4-3-5-19(12-16)40-29(30,31)32/h3-9,12,18,20,22,26,36,38H,10-11,13-14H2,1-2H3/t18?,20-,22+,26-,27-,28+/m0/s1. The highest BCUT2D eigenvalue weighted by Crippen LogP contribution is 2.66. The molecule has 2 fully saturated rings. The van der Waals surface area contributed by atoms with Crippen LogP contribution in [0.4, 0.5) is 13.2 Å². The zero-order valence-corrected chi connectivity index (χ0v) is 21.9. The second-order valence-electron chi connectivity index (χ2n) is 11.1. The first-order valence-electron chi connectivity index (χ1n) is 13.1. The van der Waals surface area contributed by atoms with Gasteiger partial charge >= 0.3 is 6.36 Å². The number of likely N-dealkylation sites (tertiary alicyclic amines) is 1. The highest BCUT2D eigenvalue weighted by molar-refractivity contribution is 5.92. The quantitative estimate of drug-likeness (QED) is 0.557. The number of phenolic OH excluding ortho intramolecular Hbond substituents is 1. The van der Waals surface area contributed by atoms with Gasteiger partial charge in [-0.15, -0.1) is 13.2 Å². The van der Waals surface area contributed by atoms with Gasteiger partial charge in [0.15, 0.2) is 11.5 Å². The van der Waals surface area contributed by atoms with E-state index in [0.717, 1.165) is 11.1 Å². The maximum atomic E-state index is 13.3. The number of nitriles is 1.